The SMILES string of the molecule is CCCCn1c(N)c(N(CCC)C(=O)Cc2csc(-c3cccc(Cl)c3)n2)c(=O)[nH]c1=O. The first-order valence-corrected chi connectivity index (χ1v) is 11.7. The molecule has 0 saturated carbocycles. The lowest BCUT2D eigenvalue weighted by molar-refractivity contribution is -0.118. The zero-order valence-electron chi connectivity index (χ0n) is 18.1. The van der Waals surface area contributed by atoms with Crippen molar-refractivity contribution in [3.05, 3.63) is 61.2 Å². The zero-order chi connectivity index (χ0) is 23.3. The maximum Gasteiger partial charge on any atom is 0.330 e. The van der Waals surface area contributed by atoms with E-state index in [0.717, 1.165) is 23.4 Å². The number of anilines is 2. The molecule has 0 spiro atoms. The smallest absolute Gasteiger partial charge is 0.330 e. The van der Waals surface area contributed by atoms with E-state index in [2.05, 4.69) is 9.97 Å². The molecule has 8 nitrogen and oxygen atoms in total. The molecule has 3 N–H and O–H groups in total. The number of aromatic nitrogens is 3. The molecule has 0 bridgehead atoms. The van der Waals surface area contributed by atoms with Crippen LogP contribution in [0.15, 0.2) is 39.2 Å². The van der Waals surface area contributed by atoms with E-state index in [-0.39, 0.29) is 23.8 Å². The van der Waals surface area contributed by atoms with Gasteiger partial charge in [-0.05, 0) is 25.0 Å². The monoisotopic (exact) mass is 475 g/mol. The Labute approximate surface area is 194 Å². The number of nitrogens with one attached hydrogen (secondary N) is 1. The number of carbonyl (C=O) groups excluding carboxylic acids is 1. The Hall–Kier alpha value is -2.91. The Morgan fingerprint density at radius 2 is 2.06 bits per heavy atom. The highest BCUT2D eigenvalue weighted by Crippen LogP contribution is 2.27. The van der Waals surface area contributed by atoms with E-state index in [1.54, 1.807) is 6.07 Å². The van der Waals surface area contributed by atoms with Crippen LogP contribution in [0.2, 0.25) is 5.02 Å². The van der Waals surface area contributed by atoms with Crippen molar-refractivity contribution in [1.29, 1.82) is 0 Å². The summed E-state index contributed by atoms with van der Waals surface area (Å²) in [6, 6.07) is 7.34. The standard InChI is InChI=1S/C22H26ClN5O3S/c1-3-5-10-28-19(24)18(20(30)26-22(28)31)27(9-4-2)17(29)12-16-13-32-21(25-16)14-7-6-8-15(23)11-14/h6-8,11,13H,3-5,9-10,12,24H2,1-2H3,(H,26,30,31). The van der Waals surface area contributed by atoms with Gasteiger partial charge in [0.2, 0.25) is 5.91 Å². The third kappa shape index (κ3) is 5.28. The summed E-state index contributed by atoms with van der Waals surface area (Å²) in [7, 11) is 0. The average molecular weight is 476 g/mol. The Morgan fingerprint density at radius 3 is 2.75 bits per heavy atom. The Morgan fingerprint density at radius 1 is 1.28 bits per heavy atom. The largest absolute Gasteiger partial charge is 0.383 e. The number of H-pyrrole nitrogens is 1. The highest BCUT2D eigenvalue weighted by atomic mass is 35.5. The number of hydrogen-bond donors (Lipinski definition) is 2. The summed E-state index contributed by atoms with van der Waals surface area (Å²) in [5, 5.41) is 3.17. The fourth-order valence-corrected chi connectivity index (χ4v) is 4.36. The maximum absolute atomic E-state index is 13.2. The predicted octanol–water partition coefficient (Wildman–Crippen LogP) is 3.68. The highest BCUT2D eigenvalue weighted by Gasteiger charge is 2.24. The Balaban J connectivity index is 1.90. The molecule has 0 unspecified atom stereocenters. The first kappa shape index (κ1) is 23.7. The number of aromatic amines is 1. The van der Waals surface area contributed by atoms with Gasteiger partial charge in [0, 0.05) is 29.1 Å². The lowest BCUT2D eigenvalue weighted by Gasteiger charge is -2.24. The second-order valence-corrected chi connectivity index (χ2v) is 8.67. The molecular formula is C22H26ClN5O3S. The third-order valence-electron chi connectivity index (χ3n) is 4.92. The van der Waals surface area contributed by atoms with Gasteiger partial charge in [-0.15, -0.1) is 11.3 Å². The molecule has 3 rings (SSSR count). The van der Waals surface area contributed by atoms with Crippen LogP contribution in [0.1, 0.15) is 38.8 Å². The molecule has 1 aromatic carbocycles. The topological polar surface area (TPSA) is 114 Å². The van der Waals surface area contributed by atoms with Crippen LogP contribution in [0, 0.1) is 0 Å². The number of thiazole rings is 1. The van der Waals surface area contributed by atoms with Crippen molar-refractivity contribution in [2.24, 2.45) is 0 Å². The van der Waals surface area contributed by atoms with Crippen molar-refractivity contribution in [1.82, 2.24) is 14.5 Å². The molecule has 0 radical (unpaired) electrons. The fourth-order valence-electron chi connectivity index (χ4n) is 3.35. The van der Waals surface area contributed by atoms with E-state index < -0.39 is 11.2 Å². The van der Waals surface area contributed by atoms with Gasteiger partial charge in [-0.3, -0.25) is 19.1 Å². The minimum Gasteiger partial charge on any atom is -0.383 e. The van der Waals surface area contributed by atoms with Crippen molar-refractivity contribution in [2.45, 2.75) is 46.1 Å². The van der Waals surface area contributed by atoms with Gasteiger partial charge in [0.05, 0.1) is 12.1 Å². The Kier molecular flexibility index (Phi) is 7.87. The number of nitrogens with two attached hydrogens (primary N) is 1. The van der Waals surface area contributed by atoms with Gasteiger partial charge >= 0.3 is 5.69 Å². The lowest BCUT2D eigenvalue weighted by Crippen LogP contribution is -2.42. The van der Waals surface area contributed by atoms with E-state index in [9.17, 15) is 14.4 Å². The van der Waals surface area contributed by atoms with Crippen LogP contribution in [-0.2, 0) is 17.8 Å². The number of carbonyl (C=O) groups is 1. The normalized spacial score (nSPS) is 11.0. The number of hydrogen-bond acceptors (Lipinski definition) is 6. The molecule has 0 aliphatic carbocycles. The van der Waals surface area contributed by atoms with Gasteiger partial charge in [0.15, 0.2) is 5.69 Å². The van der Waals surface area contributed by atoms with Crippen molar-refractivity contribution in [3.63, 3.8) is 0 Å². The van der Waals surface area contributed by atoms with Crippen LogP contribution in [0.5, 0.6) is 0 Å². The average Bonchev–Trinajstić information content (AvgIpc) is 3.21. The van der Waals surface area contributed by atoms with Gasteiger partial charge in [-0.1, -0.05) is 44.0 Å². The van der Waals surface area contributed by atoms with Crippen LogP contribution in [0.3, 0.4) is 0 Å². The molecule has 0 aliphatic heterocycles. The van der Waals surface area contributed by atoms with Crippen LogP contribution in [0.4, 0.5) is 11.5 Å². The van der Waals surface area contributed by atoms with Crippen LogP contribution < -0.4 is 21.9 Å². The van der Waals surface area contributed by atoms with Gasteiger partial charge in [-0.2, -0.15) is 0 Å². The number of amides is 1. The van der Waals surface area contributed by atoms with E-state index in [4.69, 9.17) is 17.3 Å². The second-order valence-electron chi connectivity index (χ2n) is 7.37. The van der Waals surface area contributed by atoms with Gasteiger partial charge in [0.25, 0.3) is 5.56 Å². The van der Waals surface area contributed by atoms with E-state index in [0.29, 0.717) is 30.2 Å². The molecule has 0 fully saturated rings. The second kappa shape index (κ2) is 10.6. The molecule has 3 aromatic rings. The third-order valence-corrected chi connectivity index (χ3v) is 6.10. The predicted molar refractivity (Wildman–Crippen MR) is 130 cm³/mol. The number of halogens is 1. The van der Waals surface area contributed by atoms with Crippen molar-refractivity contribution in [2.75, 3.05) is 17.2 Å². The van der Waals surface area contributed by atoms with Crippen molar-refractivity contribution >= 4 is 40.4 Å². The van der Waals surface area contributed by atoms with Gasteiger partial charge < -0.3 is 10.6 Å². The number of nitrogen functional groups attached to an aromatic ring is 1. The van der Waals surface area contributed by atoms with Crippen LogP contribution in [-0.4, -0.2) is 27.0 Å². The lowest BCUT2D eigenvalue weighted by atomic mass is 10.2. The number of unbranched alkanes of at least 4 members (excludes halogenated alkanes) is 1. The van der Waals surface area contributed by atoms with E-state index in [1.165, 1.54) is 20.8 Å². The van der Waals surface area contributed by atoms with Gasteiger partial charge in [-0.25, -0.2) is 9.78 Å². The summed E-state index contributed by atoms with van der Waals surface area (Å²) in [4.78, 5) is 46.2. The minimum atomic E-state index is -0.667. The molecule has 32 heavy (non-hydrogen) atoms. The van der Waals surface area contributed by atoms with Crippen LogP contribution >= 0.6 is 22.9 Å². The summed E-state index contributed by atoms with van der Waals surface area (Å²) in [5.41, 5.74) is 6.44. The summed E-state index contributed by atoms with van der Waals surface area (Å²) in [6.45, 7) is 4.56. The van der Waals surface area contributed by atoms with Crippen LogP contribution in [0.25, 0.3) is 10.6 Å². The molecule has 170 valence electrons. The molecule has 0 aliphatic rings. The molecule has 1 amide bonds. The molecule has 0 saturated heterocycles. The molecule has 10 heteroatoms. The molecule has 2 aromatic heterocycles. The van der Waals surface area contributed by atoms with Crippen molar-refractivity contribution < 1.29 is 4.79 Å². The minimum absolute atomic E-state index is 0.00400. The summed E-state index contributed by atoms with van der Waals surface area (Å²) >= 11 is 7.48. The summed E-state index contributed by atoms with van der Waals surface area (Å²) < 4.78 is 1.32. The number of rotatable bonds is 9. The van der Waals surface area contributed by atoms with E-state index >= 15 is 0 Å². The van der Waals surface area contributed by atoms with Crippen molar-refractivity contribution in [3.8, 4) is 10.6 Å². The number of benzene rings is 1. The quantitative estimate of drug-likeness (QED) is 0.490. The summed E-state index contributed by atoms with van der Waals surface area (Å²) in [5.74, 6) is -0.306. The van der Waals surface area contributed by atoms with Gasteiger partial charge in [0.1, 0.15) is 10.8 Å². The number of nitrogens with zero attached hydrogens (tertiary/aromatic N) is 3. The highest BCUT2D eigenvalue weighted by molar-refractivity contribution is 7.13. The van der Waals surface area contributed by atoms with E-state index in [1.807, 2.05) is 37.4 Å². The zero-order valence-corrected chi connectivity index (χ0v) is 19.6. The molecule has 2 heterocycles. The Bertz CT molecular complexity index is 1220. The maximum atomic E-state index is 13.2. The molecule has 0 atom stereocenters. The summed E-state index contributed by atoms with van der Waals surface area (Å²) in [6.07, 6.45) is 2.20. The first-order chi connectivity index (χ1) is 15.3. The molecular weight excluding hydrogens is 450 g/mol. The fraction of sp³-hybridized carbons (Fsp3) is 0.364. The first-order valence-electron chi connectivity index (χ1n) is 10.5.